The minimum absolute atomic E-state index is 0.407. The van der Waals surface area contributed by atoms with Gasteiger partial charge in [0.05, 0.1) is 12.8 Å². The van der Waals surface area contributed by atoms with Crippen molar-refractivity contribution in [1.82, 2.24) is 10.3 Å². The number of pyridine rings is 1. The van der Waals surface area contributed by atoms with Crippen LogP contribution in [0.15, 0.2) is 18.5 Å². The van der Waals surface area contributed by atoms with Gasteiger partial charge >= 0.3 is 0 Å². The summed E-state index contributed by atoms with van der Waals surface area (Å²) in [5.74, 6) is 2.53. The number of rotatable bonds is 7. The number of nitrogens with zero attached hydrogens (tertiary/aromatic N) is 1. The number of ether oxygens (including phenoxy) is 1. The third kappa shape index (κ3) is 3.72. The summed E-state index contributed by atoms with van der Waals surface area (Å²) in [6.07, 6.45) is 10.2. The minimum atomic E-state index is 0.407. The molecule has 1 aliphatic carbocycles. The lowest BCUT2D eigenvalue weighted by Crippen LogP contribution is -2.24. The van der Waals surface area contributed by atoms with Gasteiger partial charge in [-0.1, -0.05) is 26.7 Å². The third-order valence-electron chi connectivity index (χ3n) is 4.51. The van der Waals surface area contributed by atoms with Gasteiger partial charge in [0.2, 0.25) is 0 Å². The van der Waals surface area contributed by atoms with Crippen molar-refractivity contribution in [2.45, 2.75) is 52.0 Å². The summed E-state index contributed by atoms with van der Waals surface area (Å²) in [5.41, 5.74) is 1.27. The first-order valence-electron chi connectivity index (χ1n) is 8.03. The summed E-state index contributed by atoms with van der Waals surface area (Å²) in [4.78, 5) is 4.35. The molecule has 1 aliphatic rings. The molecule has 1 aromatic heterocycles. The second-order valence-electron chi connectivity index (χ2n) is 5.92. The predicted molar refractivity (Wildman–Crippen MR) is 82.9 cm³/mol. The number of nitrogens with one attached hydrogen (secondary N) is 1. The maximum Gasteiger partial charge on any atom is 0.137 e. The number of hydrogen-bond acceptors (Lipinski definition) is 3. The minimum Gasteiger partial charge on any atom is -0.492 e. The number of aromatic nitrogens is 1. The van der Waals surface area contributed by atoms with Crippen LogP contribution < -0.4 is 10.1 Å². The molecule has 0 bridgehead atoms. The Bertz CT molecular complexity index is 408. The summed E-state index contributed by atoms with van der Waals surface area (Å²) in [7, 11) is 2.06. The normalized spacial score (nSPS) is 23.8. The molecule has 0 spiro atoms. The zero-order chi connectivity index (χ0) is 14.4. The van der Waals surface area contributed by atoms with Gasteiger partial charge in [-0.15, -0.1) is 0 Å². The van der Waals surface area contributed by atoms with E-state index in [-0.39, 0.29) is 0 Å². The lowest BCUT2D eigenvalue weighted by Gasteiger charge is -2.24. The average Bonchev–Trinajstić information content (AvgIpc) is 2.95. The van der Waals surface area contributed by atoms with Gasteiger partial charge in [0.1, 0.15) is 5.75 Å². The SMILES string of the molecule is CCCOc1cncc(C(NC)C2CCC(CC)C2)c1. The molecule has 20 heavy (non-hydrogen) atoms. The molecule has 0 saturated heterocycles. The van der Waals surface area contributed by atoms with E-state index in [1.54, 1.807) is 0 Å². The highest BCUT2D eigenvalue weighted by atomic mass is 16.5. The van der Waals surface area contributed by atoms with E-state index in [1.165, 1.54) is 31.2 Å². The lowest BCUT2D eigenvalue weighted by molar-refractivity contribution is 0.313. The summed E-state index contributed by atoms with van der Waals surface area (Å²) in [6, 6.07) is 2.56. The van der Waals surface area contributed by atoms with Crippen molar-refractivity contribution in [3.05, 3.63) is 24.0 Å². The molecule has 0 radical (unpaired) electrons. The van der Waals surface area contributed by atoms with Crippen LogP contribution in [0.3, 0.4) is 0 Å². The molecular weight excluding hydrogens is 248 g/mol. The fourth-order valence-electron chi connectivity index (χ4n) is 3.37. The van der Waals surface area contributed by atoms with Crippen LogP contribution in [0.2, 0.25) is 0 Å². The van der Waals surface area contributed by atoms with Crippen LogP contribution in [0, 0.1) is 11.8 Å². The first-order chi connectivity index (χ1) is 9.78. The highest BCUT2D eigenvalue weighted by Crippen LogP contribution is 2.40. The highest BCUT2D eigenvalue weighted by Gasteiger charge is 2.30. The van der Waals surface area contributed by atoms with Crippen molar-refractivity contribution in [3.8, 4) is 5.75 Å². The molecule has 2 rings (SSSR count). The van der Waals surface area contributed by atoms with Crippen molar-refractivity contribution >= 4 is 0 Å². The fraction of sp³-hybridized carbons (Fsp3) is 0.706. The smallest absolute Gasteiger partial charge is 0.137 e. The fourth-order valence-corrected chi connectivity index (χ4v) is 3.37. The molecule has 0 aliphatic heterocycles. The van der Waals surface area contributed by atoms with E-state index in [9.17, 15) is 0 Å². The summed E-state index contributed by atoms with van der Waals surface area (Å²) in [6.45, 7) is 5.19. The third-order valence-corrected chi connectivity index (χ3v) is 4.51. The summed E-state index contributed by atoms with van der Waals surface area (Å²) < 4.78 is 5.71. The van der Waals surface area contributed by atoms with Crippen LogP contribution in [-0.2, 0) is 0 Å². The number of hydrogen-bond donors (Lipinski definition) is 1. The Morgan fingerprint density at radius 3 is 2.85 bits per heavy atom. The van der Waals surface area contributed by atoms with Gasteiger partial charge in [0.25, 0.3) is 0 Å². The van der Waals surface area contributed by atoms with E-state index in [0.717, 1.165) is 30.6 Å². The molecule has 1 fully saturated rings. The molecule has 0 aromatic carbocycles. The van der Waals surface area contributed by atoms with Gasteiger partial charge in [-0.05, 0) is 49.8 Å². The molecule has 3 heteroatoms. The van der Waals surface area contributed by atoms with E-state index in [2.05, 4.69) is 37.3 Å². The summed E-state index contributed by atoms with van der Waals surface area (Å²) >= 11 is 0. The molecule has 3 unspecified atom stereocenters. The summed E-state index contributed by atoms with van der Waals surface area (Å²) in [5, 5.41) is 3.49. The van der Waals surface area contributed by atoms with Crippen LogP contribution in [0.25, 0.3) is 0 Å². The highest BCUT2D eigenvalue weighted by molar-refractivity contribution is 5.26. The van der Waals surface area contributed by atoms with Crippen LogP contribution in [0.5, 0.6) is 5.75 Å². The molecular formula is C17H28N2O. The Kier molecular flexibility index (Phi) is 5.84. The quantitative estimate of drug-likeness (QED) is 0.818. The van der Waals surface area contributed by atoms with Crippen molar-refractivity contribution in [3.63, 3.8) is 0 Å². The Labute approximate surface area is 123 Å². The molecule has 3 nitrogen and oxygen atoms in total. The van der Waals surface area contributed by atoms with Crippen LogP contribution >= 0.6 is 0 Å². The standard InChI is InChI=1S/C17H28N2O/c1-4-8-20-16-10-15(11-19-12-16)17(18-3)14-7-6-13(5-2)9-14/h10-14,17-18H,4-9H2,1-3H3. The van der Waals surface area contributed by atoms with Crippen LogP contribution in [-0.4, -0.2) is 18.6 Å². The van der Waals surface area contributed by atoms with Crippen molar-refractivity contribution < 1.29 is 4.74 Å². The second kappa shape index (κ2) is 7.63. The van der Waals surface area contributed by atoms with E-state index < -0.39 is 0 Å². The van der Waals surface area contributed by atoms with Gasteiger partial charge < -0.3 is 10.1 Å². The molecule has 1 heterocycles. The van der Waals surface area contributed by atoms with Crippen LogP contribution in [0.1, 0.15) is 57.6 Å². The molecule has 1 N–H and O–H groups in total. The second-order valence-corrected chi connectivity index (χ2v) is 5.92. The average molecular weight is 276 g/mol. The molecule has 1 saturated carbocycles. The van der Waals surface area contributed by atoms with E-state index in [4.69, 9.17) is 4.74 Å². The topological polar surface area (TPSA) is 34.1 Å². The maximum atomic E-state index is 5.71. The first kappa shape index (κ1) is 15.3. The molecule has 112 valence electrons. The van der Waals surface area contributed by atoms with Gasteiger partial charge in [-0.2, -0.15) is 0 Å². The van der Waals surface area contributed by atoms with Crippen molar-refractivity contribution in [1.29, 1.82) is 0 Å². The van der Waals surface area contributed by atoms with Crippen molar-refractivity contribution in [2.75, 3.05) is 13.7 Å². The zero-order valence-corrected chi connectivity index (χ0v) is 13.1. The Balaban J connectivity index is 2.07. The maximum absolute atomic E-state index is 5.71. The zero-order valence-electron chi connectivity index (χ0n) is 13.1. The van der Waals surface area contributed by atoms with Gasteiger partial charge in [0, 0.05) is 12.2 Å². The van der Waals surface area contributed by atoms with E-state index in [1.807, 2.05) is 12.4 Å². The Morgan fingerprint density at radius 2 is 2.20 bits per heavy atom. The van der Waals surface area contributed by atoms with Gasteiger partial charge in [-0.3, -0.25) is 4.98 Å². The monoisotopic (exact) mass is 276 g/mol. The van der Waals surface area contributed by atoms with Crippen molar-refractivity contribution in [2.24, 2.45) is 11.8 Å². The molecule has 0 amide bonds. The van der Waals surface area contributed by atoms with Gasteiger partial charge in [0.15, 0.2) is 0 Å². The largest absolute Gasteiger partial charge is 0.492 e. The molecule has 3 atom stereocenters. The van der Waals surface area contributed by atoms with Gasteiger partial charge in [-0.25, -0.2) is 0 Å². The molecule has 1 aromatic rings. The first-order valence-corrected chi connectivity index (χ1v) is 8.03. The van der Waals surface area contributed by atoms with E-state index in [0.29, 0.717) is 6.04 Å². The Morgan fingerprint density at radius 1 is 1.35 bits per heavy atom. The lowest BCUT2D eigenvalue weighted by atomic mass is 9.91. The predicted octanol–water partition coefficient (Wildman–Crippen LogP) is 3.96. The van der Waals surface area contributed by atoms with E-state index >= 15 is 0 Å². The van der Waals surface area contributed by atoms with Crippen LogP contribution in [0.4, 0.5) is 0 Å². The Hall–Kier alpha value is -1.09.